The molecule has 3 aromatic carbocycles. The molecule has 7 aliphatic heterocycles. The number of carbonyl (C=O) groups excluding carboxylic acids is 3. The van der Waals surface area contributed by atoms with Crippen molar-refractivity contribution in [2.45, 2.75) is 172 Å². The molecule has 0 aromatic heterocycles. The highest BCUT2D eigenvalue weighted by Gasteiger charge is 2.61. The number of benzene rings is 3. The van der Waals surface area contributed by atoms with Crippen LogP contribution in [0.15, 0.2) is 18.2 Å². The van der Waals surface area contributed by atoms with Gasteiger partial charge in [0.15, 0.2) is 40.0 Å². The first kappa shape index (κ1) is 51.2. The van der Waals surface area contributed by atoms with Crippen LogP contribution in [0.1, 0.15) is 166 Å². The first-order valence-corrected chi connectivity index (χ1v) is 27.1. The SMILES string of the molecule is CCCCCCCCCCCCCCCC(=O)Oc1cc2c(cc1OC)[C@@]1(CS[C@@H]3c4c(OC(C)=O)c(C)c5c(c4[C@@H](COC1=O)N1C3[C@@H]3c4c(cc(C)c(OC)c4O)C[C@H]([C@@H]1O)N3C)OCO5)NCC2. The lowest BCUT2D eigenvalue weighted by molar-refractivity contribution is -0.186. The minimum absolute atomic E-state index is 0.0353. The summed E-state index contributed by atoms with van der Waals surface area (Å²) in [5.74, 6) is 0.996. The summed E-state index contributed by atoms with van der Waals surface area (Å²) in [5, 5.41) is 27.9. The lowest BCUT2D eigenvalue weighted by Gasteiger charge is -2.62. The first-order chi connectivity index (χ1) is 34.3. The van der Waals surface area contributed by atoms with Crippen molar-refractivity contribution in [1.82, 2.24) is 15.1 Å². The molecule has 15 nitrogen and oxygen atoms in total. The van der Waals surface area contributed by atoms with Gasteiger partial charge in [0.05, 0.1) is 37.6 Å². The Hall–Kier alpha value is -4.74. The van der Waals surface area contributed by atoms with Crippen LogP contribution in [0.2, 0.25) is 0 Å². The monoisotopic (exact) mass is 999 g/mol. The number of thioether (sulfide) groups is 1. The van der Waals surface area contributed by atoms with E-state index in [0.29, 0.717) is 88.1 Å². The minimum atomic E-state index is -1.41. The van der Waals surface area contributed by atoms with E-state index < -0.39 is 53.1 Å². The number of esters is 3. The van der Waals surface area contributed by atoms with Gasteiger partial charge in [-0.1, -0.05) is 90.0 Å². The molecule has 0 aliphatic carbocycles. The van der Waals surface area contributed by atoms with Gasteiger partial charge >= 0.3 is 17.9 Å². The van der Waals surface area contributed by atoms with E-state index in [1.807, 2.05) is 37.9 Å². The fraction of sp³-hybridized carbons (Fsp3) is 0.618. The number of aryl methyl sites for hydroxylation is 1. The van der Waals surface area contributed by atoms with Crippen molar-refractivity contribution in [2.75, 3.05) is 47.0 Å². The third-order valence-corrected chi connectivity index (χ3v) is 17.4. The van der Waals surface area contributed by atoms with Gasteiger partial charge in [-0.05, 0) is 74.5 Å². The second-order valence-electron chi connectivity index (χ2n) is 20.4. The predicted molar refractivity (Wildman–Crippen MR) is 269 cm³/mol. The average molecular weight is 1000 g/mol. The van der Waals surface area contributed by atoms with E-state index in [1.54, 1.807) is 13.2 Å². The van der Waals surface area contributed by atoms with E-state index >= 15 is 4.79 Å². The lowest BCUT2D eigenvalue weighted by atomic mass is 9.73. The third-order valence-electron chi connectivity index (χ3n) is 16.0. The number of methoxy groups -OCH3 is 2. The van der Waals surface area contributed by atoms with Gasteiger partial charge in [0.25, 0.3) is 0 Å². The lowest BCUT2D eigenvalue weighted by Crippen LogP contribution is -2.70. The second-order valence-corrected chi connectivity index (χ2v) is 21.5. The number of hydrogen-bond acceptors (Lipinski definition) is 16. The third kappa shape index (κ3) is 9.45. The molecule has 16 heteroatoms. The van der Waals surface area contributed by atoms with E-state index in [2.05, 4.69) is 17.1 Å². The number of aliphatic hydroxyl groups excluding tert-OH is 1. The van der Waals surface area contributed by atoms with Crippen molar-refractivity contribution in [1.29, 1.82) is 0 Å². The molecule has 3 N–H and O–H groups in total. The van der Waals surface area contributed by atoms with Gasteiger partial charge in [0, 0.05) is 53.9 Å². The molecule has 1 unspecified atom stereocenters. The van der Waals surface area contributed by atoms with Gasteiger partial charge in [-0.25, -0.2) is 4.79 Å². The van der Waals surface area contributed by atoms with Gasteiger partial charge in [0.1, 0.15) is 18.6 Å². The summed E-state index contributed by atoms with van der Waals surface area (Å²) in [4.78, 5) is 45.7. The maximum atomic E-state index is 15.1. The number of phenolic OH excluding ortho intramolecular Hbond substituents is 1. The highest BCUT2D eigenvalue weighted by molar-refractivity contribution is 7.99. The van der Waals surface area contributed by atoms with Crippen molar-refractivity contribution < 1.29 is 57.8 Å². The summed E-state index contributed by atoms with van der Waals surface area (Å²) in [6.45, 7) is 7.49. The predicted octanol–water partition coefficient (Wildman–Crippen LogP) is 9.09. The number of nitrogens with one attached hydrogen (secondary N) is 1. The number of ether oxygens (including phenoxy) is 7. The van der Waals surface area contributed by atoms with Crippen LogP contribution in [-0.4, -0.2) is 103 Å². The number of piperazine rings is 1. The number of carbonyl (C=O) groups is 3. The average Bonchev–Trinajstić information content (AvgIpc) is 3.84. The van der Waals surface area contributed by atoms with Crippen LogP contribution >= 0.6 is 11.8 Å². The van der Waals surface area contributed by atoms with E-state index in [-0.39, 0.29) is 30.9 Å². The Morgan fingerprint density at radius 2 is 1.54 bits per heavy atom. The van der Waals surface area contributed by atoms with Gasteiger partial charge < -0.3 is 43.4 Å². The summed E-state index contributed by atoms with van der Waals surface area (Å²) in [6, 6.07) is 3.33. The maximum Gasteiger partial charge on any atom is 0.331 e. The summed E-state index contributed by atoms with van der Waals surface area (Å²) in [6.07, 6.45) is 16.0. The Morgan fingerprint density at radius 1 is 0.845 bits per heavy atom. The number of likely N-dealkylation sites (N-methyl/N-ethyl adjacent to an activating group) is 1. The molecule has 0 saturated carbocycles. The maximum absolute atomic E-state index is 15.1. The Labute approximate surface area is 422 Å². The Bertz CT molecular complexity index is 2500. The molecule has 7 aliphatic rings. The summed E-state index contributed by atoms with van der Waals surface area (Å²) in [7, 11) is 5.03. The summed E-state index contributed by atoms with van der Waals surface area (Å²) < 4.78 is 42.8. The molecular weight excluding hydrogens is 927 g/mol. The van der Waals surface area contributed by atoms with Crippen LogP contribution in [-0.2, 0) is 37.5 Å². The molecule has 0 radical (unpaired) electrons. The topological polar surface area (TPSA) is 175 Å². The van der Waals surface area contributed by atoms with Crippen molar-refractivity contribution in [3.63, 3.8) is 0 Å². The van der Waals surface area contributed by atoms with Crippen LogP contribution in [0.5, 0.6) is 40.2 Å². The van der Waals surface area contributed by atoms with Gasteiger partial charge in [0.2, 0.25) is 6.79 Å². The normalized spacial score (nSPS) is 25.2. The zero-order valence-electron chi connectivity index (χ0n) is 42.6. The zero-order valence-corrected chi connectivity index (χ0v) is 43.4. The highest BCUT2D eigenvalue weighted by atomic mass is 32.2. The molecule has 4 bridgehead atoms. The largest absolute Gasteiger partial charge is 0.504 e. The quantitative estimate of drug-likeness (QED) is 0.0625. The number of aliphatic hydroxyl groups is 1. The number of nitrogens with zero attached hydrogens (tertiary/aromatic N) is 2. The first-order valence-electron chi connectivity index (χ1n) is 26.0. The highest BCUT2D eigenvalue weighted by Crippen LogP contribution is 2.64. The van der Waals surface area contributed by atoms with Crippen molar-refractivity contribution in [2.24, 2.45) is 0 Å². The fourth-order valence-corrected chi connectivity index (χ4v) is 14.2. The molecule has 7 heterocycles. The fourth-order valence-electron chi connectivity index (χ4n) is 12.5. The smallest absolute Gasteiger partial charge is 0.331 e. The van der Waals surface area contributed by atoms with E-state index in [1.165, 1.54) is 90.0 Å². The van der Waals surface area contributed by atoms with E-state index in [0.717, 1.165) is 36.0 Å². The molecule has 386 valence electrons. The van der Waals surface area contributed by atoms with Crippen LogP contribution in [0.25, 0.3) is 0 Å². The van der Waals surface area contributed by atoms with Crippen LogP contribution in [0, 0.1) is 13.8 Å². The van der Waals surface area contributed by atoms with E-state index in [9.17, 15) is 19.8 Å². The Kier molecular flexibility index (Phi) is 15.7. The molecule has 10 rings (SSSR count). The number of unbranched alkanes of at least 4 members (excludes halogenated alkanes) is 12. The standard InChI is InChI=1S/C55H73N3O12S/c1-8-9-10-11-12-13-14-15-16-17-18-19-20-21-41(60)70-40-26-34-22-23-56-55(36(34)27-39(40)64-6)29-71-52-44-43(51-50(67-30-68-51)32(3)49(44)69-33(4)59)38(28-66-54(55)63)58-46(52)45-42-35(25-37(53(58)62)57(45)5)24-31(2)48(65-7)47(42)61/h24,26-27,37-38,45-46,52-53,56,61-62H,8-23,25,28-30H2,1-7H3/t37-,38-,45+,46?,52-,53+,55-/m1/s1. The molecule has 1 spiro atoms. The molecule has 71 heavy (non-hydrogen) atoms. The second kappa shape index (κ2) is 21.8. The summed E-state index contributed by atoms with van der Waals surface area (Å²) >= 11 is 1.48. The van der Waals surface area contributed by atoms with Crippen molar-refractivity contribution in [3.8, 4) is 40.2 Å². The molecular formula is C55H73N3O12S. The molecule has 3 aromatic rings. The van der Waals surface area contributed by atoms with Crippen LogP contribution in [0.3, 0.4) is 0 Å². The van der Waals surface area contributed by atoms with Crippen LogP contribution < -0.4 is 33.7 Å². The number of rotatable bonds is 18. The van der Waals surface area contributed by atoms with Crippen LogP contribution in [0.4, 0.5) is 0 Å². The molecule has 0 amide bonds. The number of hydrogen-bond donors (Lipinski definition) is 3. The van der Waals surface area contributed by atoms with Gasteiger partial charge in [-0.15, -0.1) is 11.8 Å². The molecule has 7 atom stereocenters. The Morgan fingerprint density at radius 3 is 2.21 bits per heavy atom. The van der Waals surface area contributed by atoms with Gasteiger partial charge in [-0.2, -0.15) is 0 Å². The number of aromatic hydroxyl groups is 1. The molecule has 2 saturated heterocycles. The Balaban J connectivity index is 1.03. The van der Waals surface area contributed by atoms with Crippen molar-refractivity contribution in [3.05, 3.63) is 62.7 Å². The summed E-state index contributed by atoms with van der Waals surface area (Å²) in [5.41, 5.74) is 4.32. The zero-order chi connectivity index (χ0) is 50.1. The van der Waals surface area contributed by atoms with Gasteiger partial charge in [-0.3, -0.25) is 24.7 Å². The van der Waals surface area contributed by atoms with Crippen molar-refractivity contribution >= 4 is 29.7 Å². The van der Waals surface area contributed by atoms with E-state index in [4.69, 9.17) is 33.2 Å². The number of fused-ring (bicyclic) bond motifs is 9. The number of phenols is 1. The minimum Gasteiger partial charge on any atom is -0.504 e. The molecule has 2 fully saturated rings.